The van der Waals surface area contributed by atoms with Gasteiger partial charge in [-0.05, 0) is 43.4 Å². The Labute approximate surface area is 140 Å². The number of pyridine rings is 1. The molecule has 5 nitrogen and oxygen atoms in total. The smallest absolute Gasteiger partial charge is 0.345 e. The standard InChI is InChI=1S/C19H20N2O3/c1-3-21(4-2)12-15-17(22)9-8-13-11-14(19(23)24-18(13)15)16-7-5-6-10-20-16/h5-11,22H,3-4,12H2,1-2H3. The van der Waals surface area contributed by atoms with E-state index in [0.717, 1.165) is 18.5 Å². The number of nitrogens with zero attached hydrogens (tertiary/aromatic N) is 2. The third kappa shape index (κ3) is 3.03. The van der Waals surface area contributed by atoms with Crippen LogP contribution in [-0.2, 0) is 6.54 Å². The maximum Gasteiger partial charge on any atom is 0.345 e. The van der Waals surface area contributed by atoms with Crippen molar-refractivity contribution in [3.05, 3.63) is 58.6 Å². The molecule has 0 spiro atoms. The van der Waals surface area contributed by atoms with E-state index in [9.17, 15) is 9.90 Å². The summed E-state index contributed by atoms with van der Waals surface area (Å²) in [4.78, 5) is 18.8. The van der Waals surface area contributed by atoms with Crippen LogP contribution < -0.4 is 5.63 Å². The molecule has 0 aliphatic carbocycles. The number of aromatic hydroxyl groups is 1. The van der Waals surface area contributed by atoms with Gasteiger partial charge in [0.25, 0.3) is 0 Å². The molecule has 0 aliphatic heterocycles. The van der Waals surface area contributed by atoms with Crippen molar-refractivity contribution < 1.29 is 9.52 Å². The summed E-state index contributed by atoms with van der Waals surface area (Å²) < 4.78 is 5.57. The Kier molecular flexibility index (Phi) is 4.62. The van der Waals surface area contributed by atoms with E-state index >= 15 is 0 Å². The zero-order valence-electron chi connectivity index (χ0n) is 13.8. The van der Waals surface area contributed by atoms with Crippen LogP contribution in [0, 0.1) is 0 Å². The van der Waals surface area contributed by atoms with E-state index in [1.165, 1.54) is 0 Å². The second kappa shape index (κ2) is 6.84. The topological polar surface area (TPSA) is 66.6 Å². The first-order valence-corrected chi connectivity index (χ1v) is 8.06. The predicted octanol–water partition coefficient (Wildman–Crippen LogP) is 3.40. The van der Waals surface area contributed by atoms with E-state index in [0.29, 0.717) is 28.9 Å². The lowest BCUT2D eigenvalue weighted by atomic mass is 10.1. The Morgan fingerprint density at radius 3 is 2.62 bits per heavy atom. The molecule has 0 saturated heterocycles. The van der Waals surface area contributed by atoms with Crippen molar-refractivity contribution in [3.8, 4) is 17.0 Å². The Bertz CT molecular complexity index is 900. The fourth-order valence-corrected chi connectivity index (χ4v) is 2.76. The first-order valence-electron chi connectivity index (χ1n) is 8.06. The van der Waals surface area contributed by atoms with Crippen LogP contribution in [0.5, 0.6) is 5.75 Å². The number of hydrogen-bond donors (Lipinski definition) is 1. The number of rotatable bonds is 5. The van der Waals surface area contributed by atoms with Crippen molar-refractivity contribution in [2.24, 2.45) is 0 Å². The average Bonchev–Trinajstić information content (AvgIpc) is 2.61. The van der Waals surface area contributed by atoms with E-state index in [1.807, 2.05) is 6.07 Å². The molecule has 0 fully saturated rings. The number of hydrogen-bond acceptors (Lipinski definition) is 5. The molecule has 3 aromatic rings. The largest absolute Gasteiger partial charge is 0.507 e. The lowest BCUT2D eigenvalue weighted by Gasteiger charge is -2.19. The van der Waals surface area contributed by atoms with Gasteiger partial charge in [-0.15, -0.1) is 0 Å². The Hall–Kier alpha value is -2.66. The highest BCUT2D eigenvalue weighted by Crippen LogP contribution is 2.29. The Morgan fingerprint density at radius 2 is 1.96 bits per heavy atom. The van der Waals surface area contributed by atoms with Gasteiger partial charge >= 0.3 is 5.63 Å². The van der Waals surface area contributed by atoms with Gasteiger partial charge in [-0.3, -0.25) is 9.88 Å². The summed E-state index contributed by atoms with van der Waals surface area (Å²) in [5.41, 5.74) is 1.62. The second-order valence-corrected chi connectivity index (χ2v) is 5.61. The normalized spacial score (nSPS) is 11.3. The number of phenols is 1. The molecule has 2 aromatic heterocycles. The first-order chi connectivity index (χ1) is 11.6. The van der Waals surface area contributed by atoms with Gasteiger partial charge in [0.2, 0.25) is 0 Å². The molecular weight excluding hydrogens is 304 g/mol. The van der Waals surface area contributed by atoms with Gasteiger partial charge in [0.05, 0.1) is 16.8 Å². The predicted molar refractivity (Wildman–Crippen MR) is 94.0 cm³/mol. The van der Waals surface area contributed by atoms with Crippen molar-refractivity contribution in [1.29, 1.82) is 0 Å². The van der Waals surface area contributed by atoms with Crippen LogP contribution in [0.2, 0.25) is 0 Å². The number of fused-ring (bicyclic) bond motifs is 1. The molecule has 0 amide bonds. The van der Waals surface area contributed by atoms with Gasteiger partial charge in [0.1, 0.15) is 11.3 Å². The Balaban J connectivity index is 2.16. The van der Waals surface area contributed by atoms with Crippen LogP contribution in [0.3, 0.4) is 0 Å². The van der Waals surface area contributed by atoms with E-state index in [1.54, 1.807) is 36.5 Å². The molecule has 0 unspecified atom stereocenters. The van der Waals surface area contributed by atoms with E-state index < -0.39 is 5.63 Å². The number of phenolic OH excluding ortho intramolecular Hbond substituents is 1. The van der Waals surface area contributed by atoms with Crippen molar-refractivity contribution >= 4 is 11.0 Å². The van der Waals surface area contributed by atoms with Gasteiger partial charge < -0.3 is 9.52 Å². The highest BCUT2D eigenvalue weighted by Gasteiger charge is 2.15. The maximum atomic E-state index is 12.4. The van der Waals surface area contributed by atoms with Crippen LogP contribution in [0.4, 0.5) is 0 Å². The van der Waals surface area contributed by atoms with Crippen LogP contribution in [0.1, 0.15) is 19.4 Å². The Morgan fingerprint density at radius 1 is 1.17 bits per heavy atom. The van der Waals surface area contributed by atoms with Crippen LogP contribution >= 0.6 is 0 Å². The van der Waals surface area contributed by atoms with Gasteiger partial charge in [0, 0.05) is 18.1 Å². The van der Waals surface area contributed by atoms with Crippen LogP contribution in [0.25, 0.3) is 22.2 Å². The molecule has 0 bridgehead atoms. The van der Waals surface area contributed by atoms with E-state index in [2.05, 4.69) is 23.7 Å². The average molecular weight is 324 g/mol. The van der Waals surface area contributed by atoms with Gasteiger partial charge in [-0.25, -0.2) is 4.79 Å². The maximum absolute atomic E-state index is 12.4. The SMILES string of the molecule is CCN(CC)Cc1c(O)ccc2cc(-c3ccccn3)c(=O)oc12. The molecule has 3 rings (SSSR count). The molecular formula is C19H20N2O3. The molecule has 1 N–H and O–H groups in total. The summed E-state index contributed by atoms with van der Waals surface area (Å²) in [5, 5.41) is 11.0. The first kappa shape index (κ1) is 16.2. The summed E-state index contributed by atoms with van der Waals surface area (Å²) in [5.74, 6) is 0.142. The number of aromatic nitrogens is 1. The van der Waals surface area contributed by atoms with Crippen molar-refractivity contribution in [3.63, 3.8) is 0 Å². The molecule has 0 atom stereocenters. The highest BCUT2D eigenvalue weighted by molar-refractivity contribution is 5.85. The van der Waals surface area contributed by atoms with Crippen LogP contribution in [0.15, 0.2) is 51.8 Å². The van der Waals surface area contributed by atoms with Crippen molar-refractivity contribution in [2.45, 2.75) is 20.4 Å². The fourth-order valence-electron chi connectivity index (χ4n) is 2.76. The summed E-state index contributed by atoms with van der Waals surface area (Å²) in [6.07, 6.45) is 1.64. The third-order valence-electron chi connectivity index (χ3n) is 4.20. The minimum absolute atomic E-state index is 0.142. The minimum atomic E-state index is -0.451. The highest BCUT2D eigenvalue weighted by atomic mass is 16.4. The van der Waals surface area contributed by atoms with Crippen LogP contribution in [-0.4, -0.2) is 28.1 Å². The molecule has 124 valence electrons. The molecule has 24 heavy (non-hydrogen) atoms. The summed E-state index contributed by atoms with van der Waals surface area (Å²) >= 11 is 0. The minimum Gasteiger partial charge on any atom is -0.507 e. The van der Waals surface area contributed by atoms with E-state index in [-0.39, 0.29) is 5.75 Å². The summed E-state index contributed by atoms with van der Waals surface area (Å²) in [6.45, 7) is 6.34. The summed E-state index contributed by atoms with van der Waals surface area (Å²) in [7, 11) is 0. The van der Waals surface area contributed by atoms with Gasteiger partial charge in [-0.1, -0.05) is 19.9 Å². The van der Waals surface area contributed by atoms with E-state index in [4.69, 9.17) is 4.42 Å². The molecule has 0 saturated carbocycles. The van der Waals surface area contributed by atoms with Gasteiger partial charge in [0.15, 0.2) is 0 Å². The molecule has 2 heterocycles. The molecule has 5 heteroatoms. The summed E-state index contributed by atoms with van der Waals surface area (Å²) in [6, 6.07) is 10.6. The number of benzene rings is 1. The monoisotopic (exact) mass is 324 g/mol. The van der Waals surface area contributed by atoms with Crippen molar-refractivity contribution in [2.75, 3.05) is 13.1 Å². The molecule has 0 radical (unpaired) electrons. The lowest BCUT2D eigenvalue weighted by molar-refractivity contribution is 0.290. The lowest BCUT2D eigenvalue weighted by Crippen LogP contribution is -2.22. The van der Waals surface area contributed by atoms with Gasteiger partial charge in [-0.2, -0.15) is 0 Å². The zero-order chi connectivity index (χ0) is 17.1. The quantitative estimate of drug-likeness (QED) is 0.729. The molecule has 0 aliphatic rings. The fraction of sp³-hybridized carbons (Fsp3) is 0.263. The third-order valence-corrected chi connectivity index (χ3v) is 4.20. The molecule has 1 aromatic carbocycles. The second-order valence-electron chi connectivity index (χ2n) is 5.61. The van der Waals surface area contributed by atoms with Crippen molar-refractivity contribution in [1.82, 2.24) is 9.88 Å². The zero-order valence-corrected chi connectivity index (χ0v) is 13.8.